The van der Waals surface area contributed by atoms with E-state index in [1.54, 1.807) is 37.3 Å². The van der Waals surface area contributed by atoms with E-state index >= 15 is 0 Å². The number of carbonyl (C=O) groups is 1. The highest BCUT2D eigenvalue weighted by atomic mass is 32.2. The van der Waals surface area contributed by atoms with Crippen molar-refractivity contribution in [2.75, 3.05) is 35.0 Å². The minimum absolute atomic E-state index is 0.0224. The number of nitrogens with zero attached hydrogens (tertiary/aromatic N) is 2. The summed E-state index contributed by atoms with van der Waals surface area (Å²) in [7, 11) is -4.99. The van der Waals surface area contributed by atoms with E-state index in [-0.39, 0.29) is 4.90 Å². The zero-order chi connectivity index (χ0) is 26.7. The number of carbonyl (C=O) groups excluding carboxylic acids is 1. The van der Waals surface area contributed by atoms with Crippen molar-refractivity contribution in [3.8, 4) is 0 Å². The fraction of sp³-hybridized carbons (Fsp3) is 0.240. The summed E-state index contributed by atoms with van der Waals surface area (Å²) in [5.41, 5.74) is 3.65. The van der Waals surface area contributed by atoms with E-state index in [4.69, 9.17) is 0 Å². The SMILES string of the molecule is Cc1cccc(NS(=O)(=O)c2ccc(NC(=O)CN(c3cc(C)ccc3C)S(=O)(=O)N(C)C)cc2)c1. The van der Waals surface area contributed by atoms with Gasteiger partial charge in [0.1, 0.15) is 6.54 Å². The highest BCUT2D eigenvalue weighted by Crippen LogP contribution is 2.25. The molecule has 0 spiro atoms. The van der Waals surface area contributed by atoms with Crippen LogP contribution in [0.3, 0.4) is 0 Å². The van der Waals surface area contributed by atoms with Gasteiger partial charge in [-0.2, -0.15) is 12.7 Å². The van der Waals surface area contributed by atoms with E-state index in [9.17, 15) is 21.6 Å². The summed E-state index contributed by atoms with van der Waals surface area (Å²) in [6.07, 6.45) is 0. The lowest BCUT2D eigenvalue weighted by Crippen LogP contribution is -2.44. The van der Waals surface area contributed by atoms with Crippen molar-refractivity contribution >= 4 is 43.2 Å². The minimum atomic E-state index is -3.96. The molecule has 1 amide bonds. The molecule has 0 unspecified atom stereocenters. The largest absolute Gasteiger partial charge is 0.325 e. The monoisotopic (exact) mass is 530 g/mol. The fourth-order valence-corrected chi connectivity index (χ4v) is 5.62. The van der Waals surface area contributed by atoms with Crippen molar-refractivity contribution in [2.24, 2.45) is 0 Å². The average Bonchev–Trinajstić information content (AvgIpc) is 2.79. The van der Waals surface area contributed by atoms with Gasteiger partial charge in [-0.3, -0.25) is 9.52 Å². The third kappa shape index (κ3) is 6.42. The van der Waals surface area contributed by atoms with E-state index in [1.807, 2.05) is 26.0 Å². The van der Waals surface area contributed by atoms with Gasteiger partial charge in [0.15, 0.2) is 0 Å². The molecule has 2 N–H and O–H groups in total. The van der Waals surface area contributed by atoms with E-state index in [2.05, 4.69) is 10.0 Å². The molecule has 0 aliphatic heterocycles. The topological polar surface area (TPSA) is 116 Å². The zero-order valence-corrected chi connectivity index (χ0v) is 22.4. The van der Waals surface area contributed by atoms with E-state index in [1.165, 1.54) is 38.4 Å². The van der Waals surface area contributed by atoms with E-state index in [0.29, 0.717) is 22.6 Å². The summed E-state index contributed by atoms with van der Waals surface area (Å²) in [6.45, 7) is 5.02. The second-order valence-corrected chi connectivity index (χ2v) is 12.4. The highest BCUT2D eigenvalue weighted by Gasteiger charge is 2.28. The molecule has 0 saturated heterocycles. The summed E-state index contributed by atoms with van der Waals surface area (Å²) in [5, 5.41) is 2.64. The van der Waals surface area contributed by atoms with Crippen molar-refractivity contribution in [1.82, 2.24) is 4.31 Å². The van der Waals surface area contributed by atoms with Crippen LogP contribution in [0.4, 0.5) is 17.1 Å². The molecule has 0 saturated carbocycles. The van der Waals surface area contributed by atoms with Gasteiger partial charge in [-0.25, -0.2) is 12.7 Å². The van der Waals surface area contributed by atoms with Gasteiger partial charge in [-0.1, -0.05) is 24.3 Å². The highest BCUT2D eigenvalue weighted by molar-refractivity contribution is 7.92. The third-order valence-corrected chi connectivity index (χ3v) is 8.58. The molecule has 0 atom stereocenters. The molecule has 3 rings (SSSR count). The summed E-state index contributed by atoms with van der Waals surface area (Å²) >= 11 is 0. The lowest BCUT2D eigenvalue weighted by atomic mass is 10.1. The third-order valence-electron chi connectivity index (χ3n) is 5.38. The van der Waals surface area contributed by atoms with E-state index in [0.717, 1.165) is 19.7 Å². The van der Waals surface area contributed by atoms with Crippen molar-refractivity contribution in [1.29, 1.82) is 0 Å². The molecule has 11 heteroatoms. The molecule has 0 aromatic heterocycles. The minimum Gasteiger partial charge on any atom is -0.325 e. The lowest BCUT2D eigenvalue weighted by molar-refractivity contribution is -0.114. The number of aryl methyl sites for hydroxylation is 3. The first kappa shape index (κ1) is 27.2. The van der Waals surface area contributed by atoms with Gasteiger partial charge in [0.05, 0.1) is 10.6 Å². The van der Waals surface area contributed by atoms with Gasteiger partial charge < -0.3 is 5.32 Å². The van der Waals surface area contributed by atoms with Crippen LogP contribution in [0.2, 0.25) is 0 Å². The zero-order valence-electron chi connectivity index (χ0n) is 20.8. The first-order chi connectivity index (χ1) is 16.8. The van der Waals surface area contributed by atoms with Gasteiger partial charge >= 0.3 is 10.2 Å². The Morgan fingerprint density at radius 1 is 0.806 bits per heavy atom. The molecule has 0 heterocycles. The molecular formula is C25H30N4O5S2. The second kappa shape index (κ2) is 10.7. The van der Waals surface area contributed by atoms with Gasteiger partial charge in [0.25, 0.3) is 10.0 Å². The maximum absolute atomic E-state index is 13.0. The Kier molecular flexibility index (Phi) is 8.07. The normalized spacial score (nSPS) is 11.8. The maximum Gasteiger partial charge on any atom is 0.304 e. The number of benzene rings is 3. The van der Waals surface area contributed by atoms with Crippen LogP contribution in [-0.2, 0) is 25.0 Å². The van der Waals surface area contributed by atoms with Crippen LogP contribution in [-0.4, -0.2) is 47.7 Å². The maximum atomic E-state index is 13.0. The van der Waals surface area contributed by atoms with Crippen LogP contribution in [0.15, 0.2) is 71.6 Å². The Balaban J connectivity index is 1.78. The Hall–Kier alpha value is -3.41. The van der Waals surface area contributed by atoms with Crippen LogP contribution in [0.25, 0.3) is 0 Å². The fourth-order valence-electron chi connectivity index (χ4n) is 3.45. The number of anilines is 3. The molecule has 9 nitrogen and oxygen atoms in total. The van der Waals surface area contributed by atoms with Gasteiger partial charge in [-0.05, 0) is 79.9 Å². The number of hydrogen-bond donors (Lipinski definition) is 2. The summed E-state index contributed by atoms with van der Waals surface area (Å²) < 4.78 is 56.0. The number of amides is 1. The van der Waals surface area contributed by atoms with Crippen LogP contribution in [0.5, 0.6) is 0 Å². The van der Waals surface area contributed by atoms with E-state index < -0.39 is 32.7 Å². The van der Waals surface area contributed by atoms with Gasteiger partial charge in [0.2, 0.25) is 5.91 Å². The van der Waals surface area contributed by atoms with Crippen molar-refractivity contribution in [3.63, 3.8) is 0 Å². The Labute approximate surface area is 213 Å². The molecule has 0 radical (unpaired) electrons. The first-order valence-electron chi connectivity index (χ1n) is 11.1. The molecule has 0 aliphatic carbocycles. The molecule has 0 aliphatic rings. The molecular weight excluding hydrogens is 500 g/mol. The van der Waals surface area contributed by atoms with Crippen molar-refractivity contribution in [2.45, 2.75) is 25.7 Å². The summed E-state index contributed by atoms with van der Waals surface area (Å²) in [5.74, 6) is -0.574. The number of nitrogens with one attached hydrogen (secondary N) is 2. The number of rotatable bonds is 9. The van der Waals surface area contributed by atoms with Crippen LogP contribution < -0.4 is 14.3 Å². The number of hydrogen-bond acceptors (Lipinski definition) is 5. The predicted octanol–water partition coefficient (Wildman–Crippen LogP) is 3.66. The van der Waals surface area contributed by atoms with Gasteiger partial charge in [-0.15, -0.1) is 0 Å². The molecule has 192 valence electrons. The quantitative estimate of drug-likeness (QED) is 0.438. The Morgan fingerprint density at radius 3 is 2.06 bits per heavy atom. The molecule has 3 aromatic rings. The lowest BCUT2D eigenvalue weighted by Gasteiger charge is -2.28. The van der Waals surface area contributed by atoms with Crippen molar-refractivity contribution in [3.05, 3.63) is 83.4 Å². The molecule has 0 fully saturated rings. The summed E-state index contributed by atoms with van der Waals surface area (Å²) in [4.78, 5) is 12.9. The second-order valence-electron chi connectivity index (χ2n) is 8.63. The summed E-state index contributed by atoms with van der Waals surface area (Å²) in [6, 6.07) is 18.0. The van der Waals surface area contributed by atoms with Gasteiger partial charge in [0, 0.05) is 25.5 Å². The van der Waals surface area contributed by atoms with Crippen LogP contribution >= 0.6 is 0 Å². The van der Waals surface area contributed by atoms with Crippen LogP contribution in [0, 0.1) is 20.8 Å². The molecule has 0 bridgehead atoms. The van der Waals surface area contributed by atoms with Crippen LogP contribution in [0.1, 0.15) is 16.7 Å². The smallest absolute Gasteiger partial charge is 0.304 e. The predicted molar refractivity (Wildman–Crippen MR) is 143 cm³/mol. The molecule has 36 heavy (non-hydrogen) atoms. The van der Waals surface area contributed by atoms with Crippen molar-refractivity contribution < 1.29 is 21.6 Å². The molecule has 3 aromatic carbocycles. The Morgan fingerprint density at radius 2 is 1.44 bits per heavy atom. The standard InChI is InChI=1S/C25H30N4O5S2/c1-18-7-6-8-22(15-18)27-35(31,32)23-13-11-21(12-14-23)26-25(30)17-29(36(33,34)28(4)5)24-16-19(2)9-10-20(24)3/h6-16,27H,17H2,1-5H3,(H,26,30). The number of sulfonamides is 1. The average molecular weight is 531 g/mol. The first-order valence-corrected chi connectivity index (χ1v) is 13.9. The Bertz CT molecular complexity index is 1470.